The number of rotatable bonds is 4. The molecule has 29 heavy (non-hydrogen) atoms. The largest absolute Gasteiger partial charge is 0.497 e. The zero-order valence-corrected chi connectivity index (χ0v) is 18.7. The Bertz CT molecular complexity index is 930. The average molecular weight is 416 g/mol. The predicted octanol–water partition coefficient (Wildman–Crippen LogP) is 3.53. The first-order chi connectivity index (χ1) is 13.6. The summed E-state index contributed by atoms with van der Waals surface area (Å²) in [6.07, 6.45) is 0. The van der Waals surface area contributed by atoms with Gasteiger partial charge in [0, 0.05) is 34.4 Å². The van der Waals surface area contributed by atoms with Gasteiger partial charge in [0.1, 0.15) is 11.8 Å². The zero-order valence-electron chi connectivity index (χ0n) is 17.9. The first kappa shape index (κ1) is 21.3. The molecule has 2 amide bonds. The molecule has 1 aromatic carbocycles. The van der Waals surface area contributed by atoms with E-state index in [2.05, 4.69) is 5.32 Å². The third kappa shape index (κ3) is 4.45. The Kier molecular flexibility index (Phi) is 5.98. The molecule has 1 aliphatic rings. The smallest absolute Gasteiger partial charge is 0.257 e. The number of hydrogen-bond acceptors (Lipinski definition) is 4. The van der Waals surface area contributed by atoms with Gasteiger partial charge in [0.2, 0.25) is 5.91 Å². The number of carbonyl (C=O) groups excluding carboxylic acids is 2. The second-order valence-electron chi connectivity index (χ2n) is 8.35. The molecule has 0 aliphatic carbocycles. The quantitative estimate of drug-likeness (QED) is 0.830. The van der Waals surface area contributed by atoms with Crippen LogP contribution in [0.15, 0.2) is 30.3 Å². The van der Waals surface area contributed by atoms with Crippen LogP contribution in [-0.2, 0) is 4.79 Å². The van der Waals surface area contributed by atoms with E-state index in [4.69, 9.17) is 4.74 Å². The van der Waals surface area contributed by atoms with Crippen LogP contribution in [0, 0.1) is 13.8 Å². The minimum atomic E-state index is -0.452. The molecular formula is C22H29N3O3S. The Hall–Kier alpha value is -2.41. The Morgan fingerprint density at radius 1 is 1.21 bits per heavy atom. The van der Waals surface area contributed by atoms with Crippen molar-refractivity contribution in [2.45, 2.75) is 46.2 Å². The summed E-state index contributed by atoms with van der Waals surface area (Å²) in [5.74, 6) is 1.69. The standard InChI is InChI=1S/C22H29N3O3S/c1-14-10-18(15(2)25(14)16-8-7-9-17(11-16)28-6)21(27)24-13-29-12-19(24)20(26)23-22(3,4)5/h7-11,19H,12-13H2,1-6H3,(H,23,26)/t19-/m0/s1. The fraction of sp³-hybridized carbons (Fsp3) is 0.455. The third-order valence-electron chi connectivity index (χ3n) is 4.92. The van der Waals surface area contributed by atoms with Crippen molar-refractivity contribution in [3.05, 3.63) is 47.3 Å². The normalized spacial score (nSPS) is 16.8. The average Bonchev–Trinajstić information content (AvgIpc) is 3.24. The number of hydrogen-bond donors (Lipinski definition) is 1. The highest BCUT2D eigenvalue weighted by atomic mass is 32.2. The number of ether oxygens (including phenoxy) is 1. The number of methoxy groups -OCH3 is 1. The lowest BCUT2D eigenvalue weighted by Crippen LogP contribution is -2.52. The van der Waals surface area contributed by atoms with E-state index >= 15 is 0 Å². The first-order valence-electron chi connectivity index (χ1n) is 9.66. The van der Waals surface area contributed by atoms with Crippen LogP contribution in [0.25, 0.3) is 5.69 Å². The SMILES string of the molecule is COc1cccc(-n2c(C)cc(C(=O)N3CSC[C@H]3C(=O)NC(C)(C)C)c2C)c1. The number of aromatic nitrogens is 1. The van der Waals surface area contributed by atoms with E-state index in [1.807, 2.05) is 69.5 Å². The second-order valence-corrected chi connectivity index (χ2v) is 9.35. The van der Waals surface area contributed by atoms with Gasteiger partial charge in [-0.05, 0) is 52.8 Å². The predicted molar refractivity (Wildman–Crippen MR) is 117 cm³/mol. The van der Waals surface area contributed by atoms with Crippen LogP contribution in [0.2, 0.25) is 0 Å². The maximum atomic E-state index is 13.4. The lowest BCUT2D eigenvalue weighted by molar-refractivity contribution is -0.125. The fourth-order valence-electron chi connectivity index (χ4n) is 3.59. The summed E-state index contributed by atoms with van der Waals surface area (Å²) >= 11 is 1.61. The summed E-state index contributed by atoms with van der Waals surface area (Å²) in [5, 5.41) is 3.00. The topological polar surface area (TPSA) is 63.6 Å². The first-order valence-corrected chi connectivity index (χ1v) is 10.8. The van der Waals surface area contributed by atoms with E-state index in [0.717, 1.165) is 22.8 Å². The third-order valence-corrected chi connectivity index (χ3v) is 5.93. The number of nitrogens with zero attached hydrogens (tertiary/aromatic N) is 2. The van der Waals surface area contributed by atoms with Crippen LogP contribution >= 0.6 is 11.8 Å². The Labute approximate surface area is 176 Å². The monoisotopic (exact) mass is 415 g/mol. The van der Waals surface area contributed by atoms with Gasteiger partial charge in [0.15, 0.2) is 0 Å². The number of carbonyl (C=O) groups is 2. The minimum Gasteiger partial charge on any atom is -0.497 e. The van der Waals surface area contributed by atoms with E-state index in [1.165, 1.54) is 0 Å². The summed E-state index contributed by atoms with van der Waals surface area (Å²) in [6, 6.07) is 9.20. The van der Waals surface area contributed by atoms with Gasteiger partial charge in [-0.25, -0.2) is 0 Å². The molecule has 0 radical (unpaired) electrons. The maximum Gasteiger partial charge on any atom is 0.257 e. The lowest BCUT2D eigenvalue weighted by atomic mass is 10.1. The molecule has 1 aliphatic heterocycles. The molecular weight excluding hydrogens is 386 g/mol. The van der Waals surface area contributed by atoms with E-state index in [1.54, 1.807) is 23.8 Å². The van der Waals surface area contributed by atoms with Crippen molar-refractivity contribution in [2.24, 2.45) is 0 Å². The molecule has 3 rings (SSSR count). The number of amides is 2. The Morgan fingerprint density at radius 2 is 1.93 bits per heavy atom. The van der Waals surface area contributed by atoms with Gasteiger partial charge < -0.3 is 19.5 Å². The second kappa shape index (κ2) is 8.14. The number of benzene rings is 1. The number of thioether (sulfide) groups is 1. The Morgan fingerprint density at radius 3 is 2.59 bits per heavy atom. The summed E-state index contributed by atoms with van der Waals surface area (Å²) in [4.78, 5) is 27.8. The van der Waals surface area contributed by atoms with Crippen molar-refractivity contribution in [2.75, 3.05) is 18.7 Å². The highest BCUT2D eigenvalue weighted by Crippen LogP contribution is 2.28. The highest BCUT2D eigenvalue weighted by Gasteiger charge is 2.37. The number of aryl methyl sites for hydroxylation is 1. The van der Waals surface area contributed by atoms with Crippen molar-refractivity contribution in [3.63, 3.8) is 0 Å². The van der Waals surface area contributed by atoms with Crippen LogP contribution in [0.1, 0.15) is 42.5 Å². The molecule has 0 unspecified atom stereocenters. The van der Waals surface area contributed by atoms with Gasteiger partial charge in [-0.1, -0.05) is 6.07 Å². The van der Waals surface area contributed by atoms with Crippen molar-refractivity contribution in [1.82, 2.24) is 14.8 Å². The van der Waals surface area contributed by atoms with Crippen molar-refractivity contribution >= 4 is 23.6 Å². The lowest BCUT2D eigenvalue weighted by Gasteiger charge is -2.27. The van der Waals surface area contributed by atoms with Crippen molar-refractivity contribution in [1.29, 1.82) is 0 Å². The molecule has 0 bridgehead atoms. The molecule has 0 saturated carbocycles. The molecule has 2 aromatic rings. The zero-order chi connectivity index (χ0) is 21.3. The molecule has 2 heterocycles. The summed E-state index contributed by atoms with van der Waals surface area (Å²) in [5.41, 5.74) is 3.05. The van der Waals surface area contributed by atoms with Gasteiger partial charge in [-0.2, -0.15) is 0 Å². The van der Waals surface area contributed by atoms with Crippen LogP contribution in [0.3, 0.4) is 0 Å². The summed E-state index contributed by atoms with van der Waals surface area (Å²) in [6.45, 7) is 9.75. The van der Waals surface area contributed by atoms with E-state index in [-0.39, 0.29) is 17.4 Å². The van der Waals surface area contributed by atoms with Crippen LogP contribution < -0.4 is 10.1 Å². The van der Waals surface area contributed by atoms with Crippen LogP contribution in [-0.4, -0.2) is 51.6 Å². The van der Waals surface area contributed by atoms with Gasteiger partial charge in [0.05, 0.1) is 18.6 Å². The van der Waals surface area contributed by atoms with Crippen molar-refractivity contribution in [3.8, 4) is 11.4 Å². The van der Waals surface area contributed by atoms with E-state index in [9.17, 15) is 9.59 Å². The van der Waals surface area contributed by atoms with Gasteiger partial charge in [0.25, 0.3) is 5.91 Å². The Balaban J connectivity index is 1.91. The molecule has 1 fully saturated rings. The summed E-state index contributed by atoms with van der Waals surface area (Å²) in [7, 11) is 1.64. The molecule has 156 valence electrons. The summed E-state index contributed by atoms with van der Waals surface area (Å²) < 4.78 is 7.38. The van der Waals surface area contributed by atoms with Gasteiger partial charge in [-0.3, -0.25) is 9.59 Å². The van der Waals surface area contributed by atoms with E-state index in [0.29, 0.717) is 17.2 Å². The highest BCUT2D eigenvalue weighted by molar-refractivity contribution is 7.99. The molecule has 1 atom stereocenters. The van der Waals surface area contributed by atoms with Crippen LogP contribution in [0.4, 0.5) is 0 Å². The van der Waals surface area contributed by atoms with E-state index < -0.39 is 6.04 Å². The molecule has 1 saturated heterocycles. The van der Waals surface area contributed by atoms with Crippen LogP contribution in [0.5, 0.6) is 5.75 Å². The maximum absolute atomic E-state index is 13.4. The molecule has 1 aromatic heterocycles. The molecule has 7 heteroatoms. The fourth-order valence-corrected chi connectivity index (χ4v) is 4.75. The molecule has 0 spiro atoms. The van der Waals surface area contributed by atoms with Gasteiger partial charge >= 0.3 is 0 Å². The molecule has 6 nitrogen and oxygen atoms in total. The number of nitrogens with one attached hydrogen (secondary N) is 1. The van der Waals surface area contributed by atoms with Crippen molar-refractivity contribution < 1.29 is 14.3 Å². The molecule has 1 N–H and O–H groups in total. The van der Waals surface area contributed by atoms with Gasteiger partial charge in [-0.15, -0.1) is 11.8 Å². The minimum absolute atomic E-state index is 0.0996.